The first-order valence-corrected chi connectivity index (χ1v) is 9.87. The number of nitrogens with one attached hydrogen (secondary N) is 1. The van der Waals surface area contributed by atoms with Gasteiger partial charge in [-0.1, -0.05) is 49.1 Å². The smallest absolute Gasteiger partial charge is 0.286 e. The Balaban J connectivity index is 1.62. The Morgan fingerprint density at radius 1 is 1.26 bits per heavy atom. The summed E-state index contributed by atoms with van der Waals surface area (Å²) in [5, 5.41) is 11.9. The van der Waals surface area contributed by atoms with E-state index in [1.165, 1.54) is 22.7 Å². The number of hydrogen-bond acceptors (Lipinski definition) is 7. The minimum atomic E-state index is -0.235. The number of thioether (sulfide) groups is 1. The topological polar surface area (TPSA) is 67.8 Å². The molecule has 0 aliphatic carbocycles. The first-order chi connectivity index (χ1) is 11.1. The maximum Gasteiger partial charge on any atom is 0.286 e. The summed E-state index contributed by atoms with van der Waals surface area (Å²) in [6, 6.07) is 7.71. The number of thiazole rings is 1. The van der Waals surface area contributed by atoms with Crippen LogP contribution in [0.5, 0.6) is 0 Å². The highest BCUT2D eigenvalue weighted by Crippen LogP contribution is 2.28. The molecule has 8 heteroatoms. The Bertz CT molecular complexity index is 779. The zero-order chi connectivity index (χ0) is 16.2. The molecule has 120 valence electrons. The van der Waals surface area contributed by atoms with Gasteiger partial charge in [0.15, 0.2) is 9.35 Å². The molecule has 3 aromatic rings. The van der Waals surface area contributed by atoms with E-state index in [4.69, 9.17) is 0 Å². The lowest BCUT2D eigenvalue weighted by Gasteiger charge is -2.00. The van der Waals surface area contributed by atoms with Crippen molar-refractivity contribution >= 4 is 55.7 Å². The molecule has 5 nitrogen and oxygen atoms in total. The molecule has 0 radical (unpaired) electrons. The minimum Gasteiger partial charge on any atom is -0.294 e. The molecule has 0 aliphatic rings. The van der Waals surface area contributed by atoms with Crippen LogP contribution in [0.3, 0.4) is 0 Å². The molecule has 1 aromatic carbocycles. The van der Waals surface area contributed by atoms with Gasteiger partial charge in [-0.05, 0) is 24.5 Å². The fraction of sp³-hybridized carbons (Fsp3) is 0.333. The Kier molecular flexibility index (Phi) is 5.24. The van der Waals surface area contributed by atoms with Crippen LogP contribution in [0.1, 0.15) is 30.1 Å². The molecular weight excluding hydrogens is 348 g/mol. The summed E-state index contributed by atoms with van der Waals surface area (Å²) in [5.41, 5.74) is 0.838. The standard InChI is InChI=1S/C15H16N4OS3/c1-9(2)7-8-21-15-19-18-14(23-15)17-12(20)13-16-10-5-3-4-6-11(10)22-13/h3-6,9H,7-8H2,1-2H3,(H,17,18,20). The van der Waals surface area contributed by atoms with Crippen LogP contribution >= 0.6 is 34.4 Å². The van der Waals surface area contributed by atoms with Crippen molar-refractivity contribution in [1.82, 2.24) is 15.2 Å². The molecule has 1 amide bonds. The van der Waals surface area contributed by atoms with E-state index in [1.54, 1.807) is 11.8 Å². The lowest BCUT2D eigenvalue weighted by molar-refractivity contribution is 0.102. The van der Waals surface area contributed by atoms with Crippen LogP contribution in [0.2, 0.25) is 0 Å². The van der Waals surface area contributed by atoms with Crippen molar-refractivity contribution in [2.24, 2.45) is 5.92 Å². The van der Waals surface area contributed by atoms with E-state index in [2.05, 4.69) is 34.3 Å². The highest BCUT2D eigenvalue weighted by molar-refractivity contribution is 8.01. The fourth-order valence-electron chi connectivity index (χ4n) is 1.82. The first kappa shape index (κ1) is 16.4. The first-order valence-electron chi connectivity index (χ1n) is 7.25. The van der Waals surface area contributed by atoms with Crippen LogP contribution in [0.4, 0.5) is 5.13 Å². The third-order valence-electron chi connectivity index (χ3n) is 3.04. The second kappa shape index (κ2) is 7.37. The van der Waals surface area contributed by atoms with Gasteiger partial charge in [0.1, 0.15) is 0 Å². The van der Waals surface area contributed by atoms with E-state index in [9.17, 15) is 4.79 Å². The third kappa shape index (κ3) is 4.27. The summed E-state index contributed by atoms with van der Waals surface area (Å²) in [6.45, 7) is 4.40. The van der Waals surface area contributed by atoms with E-state index >= 15 is 0 Å². The Hall–Kier alpha value is -1.51. The number of hydrogen-bond donors (Lipinski definition) is 1. The van der Waals surface area contributed by atoms with Crippen molar-refractivity contribution in [3.8, 4) is 0 Å². The molecule has 0 unspecified atom stereocenters. The molecular formula is C15H16N4OS3. The van der Waals surface area contributed by atoms with Gasteiger partial charge in [0.05, 0.1) is 10.2 Å². The van der Waals surface area contributed by atoms with Gasteiger partial charge in [-0.25, -0.2) is 4.98 Å². The molecule has 2 aromatic heterocycles. The van der Waals surface area contributed by atoms with Crippen molar-refractivity contribution < 1.29 is 4.79 Å². The normalized spacial score (nSPS) is 11.3. The Morgan fingerprint density at radius 3 is 2.87 bits per heavy atom. The summed E-state index contributed by atoms with van der Waals surface area (Å²) in [5.74, 6) is 1.45. The monoisotopic (exact) mass is 364 g/mol. The average molecular weight is 365 g/mol. The maximum atomic E-state index is 12.3. The number of rotatable bonds is 6. The number of aromatic nitrogens is 3. The molecule has 0 spiro atoms. The lowest BCUT2D eigenvalue weighted by atomic mass is 10.2. The van der Waals surface area contributed by atoms with Crippen LogP contribution in [-0.2, 0) is 0 Å². The molecule has 0 aliphatic heterocycles. The Morgan fingerprint density at radius 2 is 2.09 bits per heavy atom. The third-order valence-corrected chi connectivity index (χ3v) is 6.08. The van der Waals surface area contributed by atoms with Gasteiger partial charge >= 0.3 is 0 Å². The van der Waals surface area contributed by atoms with Crippen LogP contribution < -0.4 is 5.32 Å². The minimum absolute atomic E-state index is 0.235. The number of benzene rings is 1. The number of fused-ring (bicyclic) bond motifs is 1. The second-order valence-electron chi connectivity index (χ2n) is 5.34. The number of para-hydroxylation sites is 1. The van der Waals surface area contributed by atoms with Crippen molar-refractivity contribution in [1.29, 1.82) is 0 Å². The molecule has 0 atom stereocenters. The highest BCUT2D eigenvalue weighted by atomic mass is 32.2. The number of nitrogens with zero attached hydrogens (tertiary/aromatic N) is 3. The predicted molar refractivity (Wildman–Crippen MR) is 97.7 cm³/mol. The summed E-state index contributed by atoms with van der Waals surface area (Å²) in [6.07, 6.45) is 1.14. The molecule has 0 bridgehead atoms. The van der Waals surface area contributed by atoms with Crippen molar-refractivity contribution in [3.63, 3.8) is 0 Å². The van der Waals surface area contributed by atoms with E-state index in [0.717, 1.165) is 26.7 Å². The van der Waals surface area contributed by atoms with E-state index < -0.39 is 0 Å². The van der Waals surface area contributed by atoms with Crippen molar-refractivity contribution in [2.75, 3.05) is 11.1 Å². The van der Waals surface area contributed by atoms with Gasteiger partial charge in [0.25, 0.3) is 5.91 Å². The van der Waals surface area contributed by atoms with E-state index in [-0.39, 0.29) is 5.91 Å². The largest absolute Gasteiger partial charge is 0.294 e. The molecule has 23 heavy (non-hydrogen) atoms. The molecule has 0 fully saturated rings. The highest BCUT2D eigenvalue weighted by Gasteiger charge is 2.14. The van der Waals surface area contributed by atoms with Gasteiger partial charge in [0, 0.05) is 5.75 Å². The second-order valence-corrected chi connectivity index (χ2v) is 8.70. The van der Waals surface area contributed by atoms with Gasteiger partial charge in [0.2, 0.25) is 5.13 Å². The van der Waals surface area contributed by atoms with E-state index in [1.807, 2.05) is 24.3 Å². The molecule has 2 heterocycles. The van der Waals surface area contributed by atoms with Crippen molar-refractivity contribution in [2.45, 2.75) is 24.6 Å². The lowest BCUT2D eigenvalue weighted by Crippen LogP contribution is -2.11. The van der Waals surface area contributed by atoms with Gasteiger partial charge in [-0.2, -0.15) is 0 Å². The summed E-state index contributed by atoms with van der Waals surface area (Å²) in [4.78, 5) is 16.6. The van der Waals surface area contributed by atoms with Crippen LogP contribution in [0, 0.1) is 5.92 Å². The fourth-order valence-corrected chi connectivity index (χ4v) is 4.74. The quantitative estimate of drug-likeness (QED) is 0.514. The number of carbonyl (C=O) groups excluding carboxylic acids is 1. The van der Waals surface area contributed by atoms with E-state index in [0.29, 0.717) is 16.1 Å². The van der Waals surface area contributed by atoms with Gasteiger partial charge in [-0.15, -0.1) is 21.5 Å². The molecule has 3 rings (SSSR count). The number of carbonyl (C=O) groups is 1. The van der Waals surface area contributed by atoms with Gasteiger partial charge in [-0.3, -0.25) is 10.1 Å². The van der Waals surface area contributed by atoms with Crippen LogP contribution in [-0.4, -0.2) is 26.8 Å². The Labute approximate surface area is 146 Å². The number of amides is 1. The molecule has 1 N–H and O–H groups in total. The summed E-state index contributed by atoms with van der Waals surface area (Å²) in [7, 11) is 0. The van der Waals surface area contributed by atoms with Gasteiger partial charge < -0.3 is 0 Å². The van der Waals surface area contributed by atoms with Crippen LogP contribution in [0.15, 0.2) is 28.6 Å². The number of anilines is 1. The zero-order valence-corrected chi connectivity index (χ0v) is 15.2. The van der Waals surface area contributed by atoms with Crippen LogP contribution in [0.25, 0.3) is 10.2 Å². The summed E-state index contributed by atoms with van der Waals surface area (Å²) < 4.78 is 1.88. The molecule has 0 saturated carbocycles. The van der Waals surface area contributed by atoms with Crippen molar-refractivity contribution in [3.05, 3.63) is 29.3 Å². The summed E-state index contributed by atoms with van der Waals surface area (Å²) >= 11 is 4.45. The SMILES string of the molecule is CC(C)CCSc1nnc(NC(=O)c2nc3ccccc3s2)s1. The maximum absolute atomic E-state index is 12.3. The molecule has 0 saturated heterocycles. The predicted octanol–water partition coefficient (Wildman–Crippen LogP) is 4.54. The average Bonchev–Trinajstić information content (AvgIpc) is 3.13. The zero-order valence-electron chi connectivity index (χ0n) is 12.8.